The molecule has 0 atom stereocenters. The Morgan fingerprint density at radius 3 is 2.00 bits per heavy atom. The predicted molar refractivity (Wildman–Crippen MR) is 17.1 cm³/mol. The maximum atomic E-state index is 4.42. The van der Waals surface area contributed by atoms with E-state index in [1.807, 2.05) is 0 Å². The summed E-state index contributed by atoms with van der Waals surface area (Å²) in [4.78, 5) is 0. The van der Waals surface area contributed by atoms with Gasteiger partial charge in [0.2, 0.25) is 0 Å². The highest BCUT2D eigenvalue weighted by molar-refractivity contribution is 6.19. The molecule has 0 amide bonds. The average Bonchev–Trinajstić information content (AvgIpc) is 1.76. The quantitative estimate of drug-likeness (QED) is 0.374. The Bertz CT molecular complexity index is 45.6. The summed E-state index contributed by atoms with van der Waals surface area (Å²) >= 11 is 0. The van der Waals surface area contributed by atoms with Crippen LogP contribution in [0.15, 0.2) is 12.5 Å². The molecule has 0 aliphatic carbocycles. The van der Waals surface area contributed by atoms with Crippen LogP contribution in [0.4, 0.5) is 0 Å². The highest BCUT2D eigenvalue weighted by Crippen LogP contribution is 1.85. The van der Waals surface area contributed by atoms with Gasteiger partial charge < -0.3 is 9.31 Å². The summed E-state index contributed by atoms with van der Waals surface area (Å²) in [6, 6.07) is 0. The molecule has 0 saturated heterocycles. The van der Waals surface area contributed by atoms with Crippen LogP contribution >= 0.6 is 0 Å². The van der Waals surface area contributed by atoms with Gasteiger partial charge in [-0.3, -0.25) is 0 Å². The molecule has 0 aromatic heterocycles. The van der Waals surface area contributed by atoms with E-state index in [-0.39, 0.29) is 0 Å². The maximum absolute atomic E-state index is 4.42. The standard InChI is InChI=1S/C2H2BO2/c1-2-5-3-4-1/h1-2H. The third kappa shape index (κ3) is 0.346. The summed E-state index contributed by atoms with van der Waals surface area (Å²) < 4.78 is 8.83. The minimum atomic E-state index is 1.25. The fraction of sp³-hybridized carbons (Fsp3) is 0. The molecule has 0 N–H and O–H groups in total. The molecule has 2 nitrogen and oxygen atoms in total. The smallest absolute Gasteiger partial charge is 0.530 e. The SMILES string of the molecule is [B]1OC=CO1. The van der Waals surface area contributed by atoms with Gasteiger partial charge >= 0.3 is 7.69 Å². The lowest BCUT2D eigenvalue weighted by atomic mass is 10.4. The first kappa shape index (κ1) is 2.63. The lowest BCUT2D eigenvalue weighted by molar-refractivity contribution is 0.444. The van der Waals surface area contributed by atoms with Crippen molar-refractivity contribution in [3.63, 3.8) is 0 Å². The molecule has 1 radical (unpaired) electrons. The molecule has 0 bridgehead atoms. The second kappa shape index (κ2) is 1.01. The molecular formula is C2H2BO2. The van der Waals surface area contributed by atoms with Gasteiger partial charge in [-0.2, -0.15) is 0 Å². The summed E-state index contributed by atoms with van der Waals surface area (Å²) in [6.45, 7) is 0. The fourth-order valence-electron chi connectivity index (χ4n) is 0.160. The second-order valence-electron chi connectivity index (χ2n) is 0.641. The van der Waals surface area contributed by atoms with Crippen LogP contribution in [0, 0.1) is 0 Å². The van der Waals surface area contributed by atoms with Crippen molar-refractivity contribution in [2.45, 2.75) is 0 Å². The van der Waals surface area contributed by atoms with Gasteiger partial charge in [-0.15, -0.1) is 0 Å². The van der Waals surface area contributed by atoms with Crippen LogP contribution in [0.5, 0.6) is 0 Å². The molecule has 3 heteroatoms. The summed E-state index contributed by atoms with van der Waals surface area (Å²) in [5.74, 6) is 0. The van der Waals surface area contributed by atoms with E-state index in [0.29, 0.717) is 0 Å². The van der Waals surface area contributed by atoms with Gasteiger partial charge in [0, 0.05) is 0 Å². The summed E-state index contributed by atoms with van der Waals surface area (Å²) in [5, 5.41) is 0. The Labute approximate surface area is 30.7 Å². The molecule has 1 aliphatic rings. The van der Waals surface area contributed by atoms with Gasteiger partial charge in [0.25, 0.3) is 0 Å². The van der Waals surface area contributed by atoms with Crippen molar-refractivity contribution in [3.8, 4) is 0 Å². The van der Waals surface area contributed by atoms with Crippen molar-refractivity contribution in [2.24, 2.45) is 0 Å². The van der Waals surface area contributed by atoms with Crippen molar-refractivity contribution in [1.29, 1.82) is 0 Å². The summed E-state index contributed by atoms with van der Waals surface area (Å²) in [5.41, 5.74) is 0. The number of hydrogen-bond donors (Lipinski definition) is 0. The van der Waals surface area contributed by atoms with Crippen LogP contribution in [0.2, 0.25) is 0 Å². The average molecular weight is 68.8 g/mol. The third-order valence-electron chi connectivity index (χ3n) is 0.324. The molecule has 0 unspecified atom stereocenters. The largest absolute Gasteiger partial charge is 0.657 e. The molecule has 0 aromatic rings. The zero-order valence-electron chi connectivity index (χ0n) is 2.55. The van der Waals surface area contributed by atoms with Gasteiger partial charge in [-0.05, 0) is 0 Å². The molecule has 0 aromatic carbocycles. The van der Waals surface area contributed by atoms with Gasteiger partial charge in [0.1, 0.15) is 0 Å². The van der Waals surface area contributed by atoms with Crippen LogP contribution in [0.1, 0.15) is 0 Å². The van der Waals surface area contributed by atoms with Crippen LogP contribution in [-0.2, 0) is 9.31 Å². The van der Waals surface area contributed by atoms with E-state index < -0.39 is 0 Å². The molecule has 1 heterocycles. The van der Waals surface area contributed by atoms with E-state index in [1.54, 1.807) is 0 Å². The van der Waals surface area contributed by atoms with Crippen LogP contribution in [0.25, 0.3) is 0 Å². The van der Waals surface area contributed by atoms with Crippen molar-refractivity contribution in [2.75, 3.05) is 0 Å². The molecular weight excluding hydrogens is 66.8 g/mol. The lowest BCUT2D eigenvalue weighted by Crippen LogP contribution is -1.82. The third-order valence-corrected chi connectivity index (χ3v) is 0.324. The maximum Gasteiger partial charge on any atom is 0.657 e. The minimum Gasteiger partial charge on any atom is -0.530 e. The topological polar surface area (TPSA) is 18.5 Å². The van der Waals surface area contributed by atoms with Gasteiger partial charge in [-0.25, -0.2) is 0 Å². The van der Waals surface area contributed by atoms with Crippen molar-refractivity contribution in [1.82, 2.24) is 0 Å². The van der Waals surface area contributed by atoms with Gasteiger partial charge in [0.05, 0.1) is 12.5 Å². The first-order valence-corrected chi connectivity index (χ1v) is 1.28. The lowest BCUT2D eigenvalue weighted by Gasteiger charge is -1.75. The molecule has 25 valence electrons. The Morgan fingerprint density at radius 1 is 1.20 bits per heavy atom. The zero-order chi connectivity index (χ0) is 3.54. The normalized spacial score (nSPS) is 16.0. The highest BCUT2D eigenvalue weighted by atomic mass is 16.6. The van der Waals surface area contributed by atoms with Crippen LogP contribution in [-0.4, -0.2) is 7.69 Å². The fourth-order valence-corrected chi connectivity index (χ4v) is 0.160. The van der Waals surface area contributed by atoms with Crippen LogP contribution in [0.3, 0.4) is 0 Å². The summed E-state index contributed by atoms with van der Waals surface area (Å²) in [6.07, 6.45) is 2.92. The predicted octanol–water partition coefficient (Wildman–Crippen LogP) is 0.0386. The molecule has 0 fully saturated rings. The first-order valence-electron chi connectivity index (χ1n) is 1.28. The molecule has 1 rings (SSSR count). The van der Waals surface area contributed by atoms with Gasteiger partial charge in [0.15, 0.2) is 0 Å². The first-order chi connectivity index (χ1) is 2.50. The Balaban J connectivity index is 2.32. The highest BCUT2D eigenvalue weighted by Gasteiger charge is 1.93. The van der Waals surface area contributed by atoms with E-state index in [4.69, 9.17) is 0 Å². The van der Waals surface area contributed by atoms with Gasteiger partial charge in [-0.1, -0.05) is 0 Å². The Kier molecular flexibility index (Phi) is 0.534. The van der Waals surface area contributed by atoms with E-state index in [1.165, 1.54) is 20.2 Å². The van der Waals surface area contributed by atoms with Crippen LogP contribution < -0.4 is 0 Å². The van der Waals surface area contributed by atoms with E-state index in [0.717, 1.165) is 0 Å². The molecule has 5 heavy (non-hydrogen) atoms. The molecule has 1 aliphatic heterocycles. The number of rotatable bonds is 0. The second-order valence-corrected chi connectivity index (χ2v) is 0.641. The monoisotopic (exact) mass is 69.0 g/mol. The Hall–Kier alpha value is -0.595. The minimum absolute atomic E-state index is 1.25. The summed E-state index contributed by atoms with van der Waals surface area (Å²) in [7, 11) is 1.25. The van der Waals surface area contributed by atoms with E-state index in [9.17, 15) is 0 Å². The van der Waals surface area contributed by atoms with Crippen molar-refractivity contribution < 1.29 is 9.31 Å². The van der Waals surface area contributed by atoms with Crippen molar-refractivity contribution >= 4 is 7.69 Å². The van der Waals surface area contributed by atoms with E-state index >= 15 is 0 Å². The van der Waals surface area contributed by atoms with Crippen molar-refractivity contribution in [3.05, 3.63) is 12.5 Å². The number of hydrogen-bond acceptors (Lipinski definition) is 2. The van der Waals surface area contributed by atoms with E-state index in [2.05, 4.69) is 9.31 Å². The Morgan fingerprint density at radius 2 is 1.80 bits per heavy atom. The molecule has 0 spiro atoms. The molecule has 0 saturated carbocycles. The zero-order valence-corrected chi connectivity index (χ0v) is 2.55.